The Morgan fingerprint density at radius 1 is 1.10 bits per heavy atom. The molecule has 2 aliphatic rings. The van der Waals surface area contributed by atoms with Gasteiger partial charge in [-0.1, -0.05) is 18.2 Å². The van der Waals surface area contributed by atoms with Crippen LogP contribution in [0.25, 0.3) is 0 Å². The third-order valence-corrected chi connectivity index (χ3v) is 3.79. The van der Waals surface area contributed by atoms with E-state index < -0.39 is 17.7 Å². The lowest BCUT2D eigenvalue weighted by Crippen LogP contribution is -2.47. The Morgan fingerprint density at radius 2 is 1.76 bits per heavy atom. The molecule has 21 heavy (non-hydrogen) atoms. The summed E-state index contributed by atoms with van der Waals surface area (Å²) in [4.78, 5) is 39.9. The molecule has 0 radical (unpaired) electrons. The predicted molar refractivity (Wildman–Crippen MR) is 74.7 cm³/mol. The average Bonchev–Trinajstić information content (AvgIpc) is 2.83. The third-order valence-electron chi connectivity index (χ3n) is 3.79. The molecule has 2 aliphatic heterocycles. The standard InChI is InChI=1S/C15H16N2O4/c18-12-10-17(11-4-2-1-3-5-11)15(20)13(12)14(19)16-6-8-21-9-7-16/h1-5,13H,6-10H2/t13-/m0/s1. The molecular formula is C15H16N2O4. The second-order valence-corrected chi connectivity index (χ2v) is 5.10. The highest BCUT2D eigenvalue weighted by molar-refractivity contribution is 6.28. The number of anilines is 1. The molecule has 0 saturated carbocycles. The molecule has 2 saturated heterocycles. The summed E-state index contributed by atoms with van der Waals surface area (Å²) in [5.41, 5.74) is 0.646. The Kier molecular flexibility index (Phi) is 3.70. The fraction of sp³-hybridized carbons (Fsp3) is 0.400. The molecule has 0 aromatic heterocycles. The monoisotopic (exact) mass is 288 g/mol. The number of ketones is 1. The molecule has 2 fully saturated rings. The number of ether oxygens (including phenoxy) is 1. The van der Waals surface area contributed by atoms with Gasteiger partial charge in [0, 0.05) is 18.8 Å². The summed E-state index contributed by atoms with van der Waals surface area (Å²) in [6.45, 7) is 1.72. The van der Waals surface area contributed by atoms with Gasteiger partial charge in [-0.3, -0.25) is 14.4 Å². The van der Waals surface area contributed by atoms with Gasteiger partial charge in [0.15, 0.2) is 11.7 Å². The summed E-state index contributed by atoms with van der Waals surface area (Å²) < 4.78 is 5.18. The van der Waals surface area contributed by atoms with E-state index in [0.717, 1.165) is 0 Å². The molecule has 110 valence electrons. The van der Waals surface area contributed by atoms with Crippen molar-refractivity contribution in [2.24, 2.45) is 5.92 Å². The number of amides is 2. The number of nitrogens with zero attached hydrogens (tertiary/aromatic N) is 2. The molecule has 6 nitrogen and oxygen atoms in total. The van der Waals surface area contributed by atoms with Crippen LogP contribution >= 0.6 is 0 Å². The topological polar surface area (TPSA) is 66.9 Å². The van der Waals surface area contributed by atoms with Gasteiger partial charge >= 0.3 is 0 Å². The van der Waals surface area contributed by atoms with Crippen molar-refractivity contribution in [2.75, 3.05) is 37.7 Å². The van der Waals surface area contributed by atoms with Gasteiger partial charge in [0.2, 0.25) is 11.8 Å². The molecule has 0 spiro atoms. The fourth-order valence-corrected chi connectivity index (χ4v) is 2.65. The number of hydrogen-bond donors (Lipinski definition) is 0. The number of morpholine rings is 1. The number of benzene rings is 1. The Balaban J connectivity index is 1.79. The van der Waals surface area contributed by atoms with Crippen molar-refractivity contribution in [3.05, 3.63) is 30.3 Å². The second-order valence-electron chi connectivity index (χ2n) is 5.10. The van der Waals surface area contributed by atoms with Gasteiger partial charge in [0.1, 0.15) is 0 Å². The van der Waals surface area contributed by atoms with Crippen LogP contribution in [0.3, 0.4) is 0 Å². The highest BCUT2D eigenvalue weighted by Gasteiger charge is 2.46. The van der Waals surface area contributed by atoms with E-state index in [-0.39, 0.29) is 12.3 Å². The van der Waals surface area contributed by atoms with E-state index in [2.05, 4.69) is 0 Å². The van der Waals surface area contributed by atoms with Crippen molar-refractivity contribution in [1.82, 2.24) is 4.90 Å². The molecule has 0 N–H and O–H groups in total. The second kappa shape index (κ2) is 5.65. The van der Waals surface area contributed by atoms with E-state index in [0.29, 0.717) is 32.0 Å². The summed E-state index contributed by atoms with van der Waals surface area (Å²) in [5, 5.41) is 0. The van der Waals surface area contributed by atoms with Gasteiger partial charge in [-0.25, -0.2) is 0 Å². The van der Waals surface area contributed by atoms with E-state index in [9.17, 15) is 14.4 Å². The average molecular weight is 288 g/mol. The number of Topliss-reactive ketones (excluding diaryl/α,β-unsaturated/α-hetero) is 1. The summed E-state index contributed by atoms with van der Waals surface area (Å²) >= 11 is 0. The van der Waals surface area contributed by atoms with Crippen LogP contribution in [0.1, 0.15) is 0 Å². The maximum atomic E-state index is 12.4. The van der Waals surface area contributed by atoms with E-state index in [4.69, 9.17) is 4.74 Å². The SMILES string of the molecule is O=C1CN(c2ccccc2)C(=O)[C@@H]1C(=O)N1CCOCC1. The predicted octanol–water partition coefficient (Wildman–Crippen LogP) is 0.0773. The minimum atomic E-state index is -1.19. The summed E-state index contributed by atoms with van der Waals surface area (Å²) in [6, 6.07) is 8.94. The molecule has 6 heteroatoms. The van der Waals surface area contributed by atoms with Crippen LogP contribution < -0.4 is 4.90 Å². The zero-order valence-corrected chi connectivity index (χ0v) is 11.5. The van der Waals surface area contributed by atoms with E-state index in [1.807, 2.05) is 6.07 Å². The van der Waals surface area contributed by atoms with Gasteiger partial charge in [0.25, 0.3) is 0 Å². The first-order valence-electron chi connectivity index (χ1n) is 6.94. The lowest BCUT2D eigenvalue weighted by atomic mass is 10.1. The molecule has 0 aliphatic carbocycles. The first-order chi connectivity index (χ1) is 10.2. The molecule has 0 bridgehead atoms. The quantitative estimate of drug-likeness (QED) is 0.723. The van der Waals surface area contributed by atoms with Crippen molar-refractivity contribution in [2.45, 2.75) is 0 Å². The van der Waals surface area contributed by atoms with Crippen LogP contribution in [0.4, 0.5) is 5.69 Å². The van der Waals surface area contributed by atoms with Crippen molar-refractivity contribution >= 4 is 23.3 Å². The van der Waals surface area contributed by atoms with Crippen LogP contribution in [-0.4, -0.2) is 55.3 Å². The summed E-state index contributed by atoms with van der Waals surface area (Å²) in [7, 11) is 0. The number of rotatable bonds is 2. The highest BCUT2D eigenvalue weighted by atomic mass is 16.5. The lowest BCUT2D eigenvalue weighted by molar-refractivity contribution is -0.146. The molecule has 2 amide bonds. The van der Waals surface area contributed by atoms with Crippen molar-refractivity contribution in [3.63, 3.8) is 0 Å². The molecule has 1 aromatic carbocycles. The normalized spacial score (nSPS) is 22.8. The van der Waals surface area contributed by atoms with Gasteiger partial charge in [-0.2, -0.15) is 0 Å². The Bertz CT molecular complexity index is 566. The number of carbonyl (C=O) groups excluding carboxylic acids is 3. The zero-order valence-electron chi connectivity index (χ0n) is 11.5. The lowest BCUT2D eigenvalue weighted by Gasteiger charge is -2.28. The summed E-state index contributed by atoms with van der Waals surface area (Å²) in [6.07, 6.45) is 0. The third kappa shape index (κ3) is 2.54. The minimum absolute atomic E-state index is 0.0381. The molecule has 2 heterocycles. The van der Waals surface area contributed by atoms with Crippen LogP contribution in [-0.2, 0) is 19.1 Å². The highest BCUT2D eigenvalue weighted by Crippen LogP contribution is 2.24. The Morgan fingerprint density at radius 3 is 2.43 bits per heavy atom. The minimum Gasteiger partial charge on any atom is -0.378 e. The molecule has 0 unspecified atom stereocenters. The number of carbonyl (C=O) groups is 3. The number of para-hydroxylation sites is 1. The first kappa shape index (κ1) is 13.8. The Hall–Kier alpha value is -2.21. The van der Waals surface area contributed by atoms with Crippen molar-refractivity contribution in [1.29, 1.82) is 0 Å². The van der Waals surface area contributed by atoms with Gasteiger partial charge in [-0.15, -0.1) is 0 Å². The molecular weight excluding hydrogens is 272 g/mol. The molecule has 3 rings (SSSR count). The zero-order chi connectivity index (χ0) is 14.8. The van der Waals surface area contributed by atoms with E-state index in [1.54, 1.807) is 29.2 Å². The van der Waals surface area contributed by atoms with E-state index >= 15 is 0 Å². The largest absolute Gasteiger partial charge is 0.378 e. The van der Waals surface area contributed by atoms with Crippen molar-refractivity contribution in [3.8, 4) is 0 Å². The molecule has 1 aromatic rings. The van der Waals surface area contributed by atoms with Crippen molar-refractivity contribution < 1.29 is 19.1 Å². The maximum absolute atomic E-state index is 12.4. The van der Waals surface area contributed by atoms with Gasteiger partial charge < -0.3 is 14.5 Å². The maximum Gasteiger partial charge on any atom is 0.247 e. The smallest absolute Gasteiger partial charge is 0.247 e. The van der Waals surface area contributed by atoms with Crippen LogP contribution in [0.15, 0.2) is 30.3 Å². The van der Waals surface area contributed by atoms with Crippen LogP contribution in [0.2, 0.25) is 0 Å². The van der Waals surface area contributed by atoms with E-state index in [1.165, 1.54) is 4.90 Å². The van der Waals surface area contributed by atoms with Crippen LogP contribution in [0.5, 0.6) is 0 Å². The Labute approximate surface area is 122 Å². The first-order valence-corrected chi connectivity index (χ1v) is 6.94. The fourth-order valence-electron chi connectivity index (χ4n) is 2.65. The number of hydrogen-bond acceptors (Lipinski definition) is 4. The molecule has 1 atom stereocenters. The van der Waals surface area contributed by atoms with Gasteiger partial charge in [-0.05, 0) is 12.1 Å². The van der Waals surface area contributed by atoms with Gasteiger partial charge in [0.05, 0.1) is 19.8 Å². The summed E-state index contributed by atoms with van der Waals surface area (Å²) in [5.74, 6) is -2.35. The van der Waals surface area contributed by atoms with Crippen LogP contribution in [0, 0.1) is 5.92 Å².